The summed E-state index contributed by atoms with van der Waals surface area (Å²) in [7, 11) is 3.84. The van der Waals surface area contributed by atoms with Crippen molar-refractivity contribution in [3.63, 3.8) is 0 Å². The molecule has 2 heterocycles. The van der Waals surface area contributed by atoms with Gasteiger partial charge in [0.15, 0.2) is 5.78 Å². The third-order valence-corrected chi connectivity index (χ3v) is 6.37. The van der Waals surface area contributed by atoms with Gasteiger partial charge in [0.25, 0.3) is 0 Å². The number of amides is 1. The Kier molecular flexibility index (Phi) is 5.67. The number of fused-ring (bicyclic) bond motifs is 1. The molecule has 152 valence electrons. The minimum absolute atomic E-state index is 0.0363. The molecular formula is C24H28N2O3. The van der Waals surface area contributed by atoms with Crippen molar-refractivity contribution in [2.75, 3.05) is 33.8 Å². The fourth-order valence-electron chi connectivity index (χ4n) is 4.91. The molecule has 5 nitrogen and oxygen atoms in total. The molecule has 2 aliphatic rings. The van der Waals surface area contributed by atoms with Gasteiger partial charge >= 0.3 is 0 Å². The van der Waals surface area contributed by atoms with Crippen LogP contribution >= 0.6 is 0 Å². The van der Waals surface area contributed by atoms with Crippen LogP contribution in [0.1, 0.15) is 34.8 Å². The van der Waals surface area contributed by atoms with E-state index in [1.807, 2.05) is 47.4 Å². The van der Waals surface area contributed by atoms with Gasteiger partial charge in [-0.15, -0.1) is 0 Å². The summed E-state index contributed by atoms with van der Waals surface area (Å²) >= 11 is 0. The minimum atomic E-state index is 0.0363. The highest BCUT2D eigenvalue weighted by Gasteiger charge is 2.47. The van der Waals surface area contributed by atoms with E-state index >= 15 is 0 Å². The first-order valence-corrected chi connectivity index (χ1v) is 10.3. The van der Waals surface area contributed by atoms with Crippen LogP contribution in [0.3, 0.4) is 0 Å². The standard InChI is InChI=1S/C24H28N2O3/c1-25-14-19-15-26(23(28)13-12-22(27)17-6-4-3-5-7-17)16-21(19)24(25)18-8-10-20(29-2)11-9-18/h3-11,19,21,24H,12-16H2,1-2H3/t19-,21+,24-/m0/s1. The number of methoxy groups -OCH3 is 1. The van der Waals surface area contributed by atoms with Crippen molar-refractivity contribution < 1.29 is 14.3 Å². The molecule has 0 aliphatic carbocycles. The number of hydrogen-bond donors (Lipinski definition) is 0. The van der Waals surface area contributed by atoms with E-state index in [4.69, 9.17) is 4.74 Å². The molecule has 0 aromatic heterocycles. The molecule has 2 aromatic carbocycles. The van der Waals surface area contributed by atoms with Gasteiger partial charge in [0, 0.05) is 50.0 Å². The van der Waals surface area contributed by atoms with E-state index in [-0.39, 0.29) is 24.5 Å². The van der Waals surface area contributed by atoms with Crippen molar-refractivity contribution in [1.82, 2.24) is 9.80 Å². The second-order valence-electron chi connectivity index (χ2n) is 8.17. The highest BCUT2D eigenvalue weighted by atomic mass is 16.5. The molecule has 2 saturated heterocycles. The van der Waals surface area contributed by atoms with E-state index < -0.39 is 0 Å². The lowest BCUT2D eigenvalue weighted by molar-refractivity contribution is -0.130. The molecule has 0 spiro atoms. The van der Waals surface area contributed by atoms with Gasteiger partial charge in [-0.3, -0.25) is 14.5 Å². The summed E-state index contributed by atoms with van der Waals surface area (Å²) in [6.07, 6.45) is 0.562. The van der Waals surface area contributed by atoms with Crippen LogP contribution in [0.4, 0.5) is 0 Å². The zero-order valence-electron chi connectivity index (χ0n) is 17.1. The molecule has 29 heavy (non-hydrogen) atoms. The molecule has 5 heteroatoms. The maximum atomic E-state index is 12.8. The van der Waals surface area contributed by atoms with Gasteiger partial charge in [-0.05, 0) is 30.7 Å². The third kappa shape index (κ3) is 4.06. The largest absolute Gasteiger partial charge is 0.497 e. The number of Topliss-reactive ketones (excluding diaryl/α,β-unsaturated/α-hetero) is 1. The summed E-state index contributed by atoms with van der Waals surface area (Å²) in [6, 6.07) is 17.8. The van der Waals surface area contributed by atoms with Crippen molar-refractivity contribution in [2.24, 2.45) is 11.8 Å². The molecule has 2 aliphatic heterocycles. The van der Waals surface area contributed by atoms with Crippen LogP contribution in [-0.4, -0.2) is 55.3 Å². The first-order chi connectivity index (χ1) is 14.1. The maximum Gasteiger partial charge on any atom is 0.223 e. The number of carbonyl (C=O) groups excluding carboxylic acids is 2. The Bertz CT molecular complexity index is 865. The first-order valence-electron chi connectivity index (χ1n) is 10.3. The molecule has 2 fully saturated rings. The second-order valence-corrected chi connectivity index (χ2v) is 8.17. The van der Waals surface area contributed by atoms with E-state index in [1.165, 1.54) is 5.56 Å². The quantitative estimate of drug-likeness (QED) is 0.707. The topological polar surface area (TPSA) is 49.9 Å². The smallest absolute Gasteiger partial charge is 0.223 e. The molecule has 1 amide bonds. The summed E-state index contributed by atoms with van der Waals surface area (Å²) in [4.78, 5) is 29.4. The summed E-state index contributed by atoms with van der Waals surface area (Å²) in [5.41, 5.74) is 1.95. The Morgan fingerprint density at radius 2 is 1.69 bits per heavy atom. The van der Waals surface area contributed by atoms with Crippen LogP contribution in [0.15, 0.2) is 54.6 Å². The van der Waals surface area contributed by atoms with Crippen LogP contribution in [-0.2, 0) is 4.79 Å². The Hall–Kier alpha value is -2.66. The van der Waals surface area contributed by atoms with Crippen molar-refractivity contribution in [1.29, 1.82) is 0 Å². The van der Waals surface area contributed by atoms with Crippen molar-refractivity contribution in [3.05, 3.63) is 65.7 Å². The molecule has 0 N–H and O–H groups in total. The number of benzene rings is 2. The van der Waals surface area contributed by atoms with Crippen LogP contribution in [0.5, 0.6) is 5.75 Å². The molecule has 0 radical (unpaired) electrons. The van der Waals surface area contributed by atoms with Crippen LogP contribution in [0, 0.1) is 11.8 Å². The summed E-state index contributed by atoms with van der Waals surface area (Å²) in [6.45, 7) is 2.55. The van der Waals surface area contributed by atoms with Crippen molar-refractivity contribution in [3.8, 4) is 5.75 Å². The van der Waals surface area contributed by atoms with E-state index in [0.29, 0.717) is 23.4 Å². The van der Waals surface area contributed by atoms with E-state index in [2.05, 4.69) is 24.1 Å². The Labute approximate surface area is 172 Å². The van der Waals surface area contributed by atoms with E-state index in [1.54, 1.807) is 7.11 Å². The van der Waals surface area contributed by atoms with E-state index in [0.717, 1.165) is 25.4 Å². The Balaban J connectivity index is 1.37. The number of nitrogens with zero attached hydrogens (tertiary/aromatic N) is 2. The number of hydrogen-bond acceptors (Lipinski definition) is 4. The lowest BCUT2D eigenvalue weighted by Crippen LogP contribution is -2.33. The second kappa shape index (κ2) is 8.37. The number of ketones is 1. The molecule has 4 rings (SSSR count). The van der Waals surface area contributed by atoms with Gasteiger partial charge in [-0.1, -0.05) is 42.5 Å². The molecule has 0 unspecified atom stereocenters. The van der Waals surface area contributed by atoms with Gasteiger partial charge in [-0.2, -0.15) is 0 Å². The number of rotatable bonds is 6. The van der Waals surface area contributed by atoms with Gasteiger partial charge in [0.05, 0.1) is 7.11 Å². The van der Waals surface area contributed by atoms with Gasteiger partial charge in [-0.25, -0.2) is 0 Å². The van der Waals surface area contributed by atoms with Gasteiger partial charge < -0.3 is 9.64 Å². The van der Waals surface area contributed by atoms with E-state index in [9.17, 15) is 9.59 Å². The highest BCUT2D eigenvalue weighted by molar-refractivity contribution is 5.97. The average Bonchev–Trinajstić information content (AvgIpc) is 3.29. The van der Waals surface area contributed by atoms with Crippen LogP contribution < -0.4 is 4.74 Å². The average molecular weight is 392 g/mol. The highest BCUT2D eigenvalue weighted by Crippen LogP contribution is 2.44. The lowest BCUT2D eigenvalue weighted by atomic mass is 9.89. The van der Waals surface area contributed by atoms with Gasteiger partial charge in [0.2, 0.25) is 5.91 Å². The maximum absolute atomic E-state index is 12.8. The van der Waals surface area contributed by atoms with Gasteiger partial charge in [0.1, 0.15) is 5.75 Å². The fraction of sp³-hybridized carbons (Fsp3) is 0.417. The lowest BCUT2D eigenvalue weighted by Gasteiger charge is -2.27. The zero-order valence-corrected chi connectivity index (χ0v) is 17.1. The third-order valence-electron chi connectivity index (χ3n) is 6.37. The SMILES string of the molecule is COc1ccc([C@H]2[C@@H]3CN(C(=O)CCC(=O)c4ccccc4)C[C@@H]3CN2C)cc1. The monoisotopic (exact) mass is 392 g/mol. The minimum Gasteiger partial charge on any atom is -0.497 e. The molecule has 0 saturated carbocycles. The summed E-state index contributed by atoms with van der Waals surface area (Å²) in [5.74, 6) is 1.91. The number of carbonyl (C=O) groups is 2. The zero-order chi connectivity index (χ0) is 20.4. The Morgan fingerprint density at radius 3 is 2.38 bits per heavy atom. The van der Waals surface area contributed by atoms with Crippen LogP contribution in [0.2, 0.25) is 0 Å². The molecule has 2 aromatic rings. The number of likely N-dealkylation sites (tertiary alicyclic amines) is 2. The van der Waals surface area contributed by atoms with Crippen LogP contribution in [0.25, 0.3) is 0 Å². The molecule has 3 atom stereocenters. The molecule has 0 bridgehead atoms. The fourth-order valence-corrected chi connectivity index (χ4v) is 4.91. The van der Waals surface area contributed by atoms with Crippen molar-refractivity contribution in [2.45, 2.75) is 18.9 Å². The first kappa shape index (κ1) is 19.6. The predicted octanol–water partition coefficient (Wildman–Crippen LogP) is 3.42. The summed E-state index contributed by atoms with van der Waals surface area (Å²) in [5, 5.41) is 0. The predicted molar refractivity (Wildman–Crippen MR) is 112 cm³/mol. The summed E-state index contributed by atoms with van der Waals surface area (Å²) < 4.78 is 5.28. The Morgan fingerprint density at radius 1 is 0.966 bits per heavy atom. The molecular weight excluding hydrogens is 364 g/mol. The number of ether oxygens (including phenoxy) is 1. The normalized spacial score (nSPS) is 23.8. The van der Waals surface area contributed by atoms with Crippen molar-refractivity contribution >= 4 is 11.7 Å².